The maximum absolute atomic E-state index is 12.9. The summed E-state index contributed by atoms with van der Waals surface area (Å²) in [5, 5.41) is 7.81. The number of aromatic nitrogens is 2. The average molecular weight is 382 g/mol. The zero-order valence-electron chi connectivity index (χ0n) is 13.2. The first-order valence-electron chi connectivity index (χ1n) is 7.84. The van der Waals surface area contributed by atoms with Crippen LogP contribution < -0.4 is 10.9 Å². The van der Waals surface area contributed by atoms with E-state index in [-0.39, 0.29) is 10.9 Å². The van der Waals surface area contributed by atoms with Crippen molar-refractivity contribution in [2.45, 2.75) is 13.8 Å². The van der Waals surface area contributed by atoms with Crippen LogP contribution in [0.1, 0.15) is 13.8 Å². The van der Waals surface area contributed by atoms with Crippen LogP contribution in [0.15, 0.2) is 32.5 Å². The van der Waals surface area contributed by atoms with E-state index < -0.39 is 0 Å². The second-order valence-electron chi connectivity index (χ2n) is 5.45. The number of hydrogen-bond acceptors (Lipinski definition) is 7. The van der Waals surface area contributed by atoms with E-state index in [9.17, 15) is 9.59 Å². The quantitative estimate of drug-likeness (QED) is 0.369. The van der Waals surface area contributed by atoms with Crippen molar-refractivity contribution in [2.24, 2.45) is 0 Å². The molecule has 4 nitrogen and oxygen atoms in total. The van der Waals surface area contributed by atoms with Crippen LogP contribution in [-0.4, -0.2) is 8.75 Å². The summed E-state index contributed by atoms with van der Waals surface area (Å²) in [7, 11) is 0. The molecule has 0 fully saturated rings. The lowest BCUT2D eigenvalue weighted by atomic mass is 10.1. The molecular weight excluding hydrogens is 372 g/mol. The van der Waals surface area contributed by atoms with Crippen LogP contribution >= 0.6 is 34.4 Å². The molecule has 0 aliphatic heterocycles. The number of rotatable bonds is 0. The van der Waals surface area contributed by atoms with E-state index in [2.05, 4.69) is 8.75 Å². The van der Waals surface area contributed by atoms with Gasteiger partial charge in [0.25, 0.3) is 0 Å². The van der Waals surface area contributed by atoms with Crippen LogP contribution in [0.4, 0.5) is 0 Å². The number of benzene rings is 1. The first-order chi connectivity index (χ1) is 12.3. The molecule has 3 aromatic heterocycles. The topological polar surface area (TPSA) is 59.9 Å². The van der Waals surface area contributed by atoms with E-state index in [1.54, 1.807) is 0 Å². The zero-order chi connectivity index (χ0) is 17.3. The third-order valence-electron chi connectivity index (χ3n) is 4.44. The van der Waals surface area contributed by atoms with Gasteiger partial charge in [0.2, 0.25) is 0 Å². The number of nitrogens with zero attached hydrogens (tertiary/aromatic N) is 2. The molecule has 0 aliphatic rings. The van der Waals surface area contributed by atoms with Crippen molar-refractivity contribution < 1.29 is 0 Å². The number of hydrogen-bond donors (Lipinski definition) is 0. The molecule has 122 valence electrons. The van der Waals surface area contributed by atoms with Gasteiger partial charge in [0, 0.05) is 41.7 Å². The van der Waals surface area contributed by atoms with E-state index in [4.69, 9.17) is 0 Å². The first kappa shape index (κ1) is 15.1. The normalized spacial score (nSPS) is 11.9. The molecule has 3 aromatic carbocycles. The number of fused-ring (bicyclic) bond motifs is 10. The molecule has 0 amide bonds. The van der Waals surface area contributed by atoms with Crippen LogP contribution in [-0.2, 0) is 0 Å². The predicted octanol–water partition coefficient (Wildman–Crippen LogP) is 5.05. The summed E-state index contributed by atoms with van der Waals surface area (Å²) in [6.45, 7) is 4.00. The second-order valence-corrected chi connectivity index (χ2v) is 7.81. The van der Waals surface area contributed by atoms with Crippen molar-refractivity contribution in [1.29, 1.82) is 0 Å². The summed E-state index contributed by atoms with van der Waals surface area (Å²) < 4.78 is 10.7. The van der Waals surface area contributed by atoms with Gasteiger partial charge in [0.15, 0.2) is 10.9 Å². The highest BCUT2D eigenvalue weighted by Crippen LogP contribution is 2.42. The fourth-order valence-corrected chi connectivity index (χ4v) is 5.98. The predicted molar refractivity (Wildman–Crippen MR) is 109 cm³/mol. The van der Waals surface area contributed by atoms with E-state index in [1.165, 1.54) is 22.7 Å². The van der Waals surface area contributed by atoms with Crippen molar-refractivity contribution >= 4 is 87.2 Å². The molecule has 0 unspecified atom stereocenters. The SMILES string of the molecule is CC.O=c1c2ccsc2c2c3nsnc3c3c4sccc4c(=O)c3c12. The molecule has 0 radical (unpaired) electrons. The monoisotopic (exact) mass is 382 g/mol. The smallest absolute Gasteiger partial charge is 0.196 e. The highest BCUT2D eigenvalue weighted by Gasteiger charge is 2.25. The van der Waals surface area contributed by atoms with Gasteiger partial charge in [-0.3, -0.25) is 9.59 Å². The molecule has 0 bridgehead atoms. The minimum absolute atomic E-state index is 0.0640. The fraction of sp³-hybridized carbons (Fsp3) is 0.111. The van der Waals surface area contributed by atoms with Crippen molar-refractivity contribution in [2.75, 3.05) is 0 Å². The molecule has 7 heteroatoms. The zero-order valence-corrected chi connectivity index (χ0v) is 15.7. The molecule has 6 rings (SSSR count). The highest BCUT2D eigenvalue weighted by molar-refractivity contribution is 7.19. The average Bonchev–Trinajstić information content (AvgIpc) is 3.41. The van der Waals surface area contributed by atoms with E-state index in [1.807, 2.05) is 36.7 Å². The van der Waals surface area contributed by atoms with Gasteiger partial charge in [0.05, 0.1) is 11.7 Å². The largest absolute Gasteiger partial charge is 0.289 e. The highest BCUT2D eigenvalue weighted by atomic mass is 32.1. The van der Waals surface area contributed by atoms with Crippen molar-refractivity contribution in [3.05, 3.63) is 43.3 Å². The maximum Gasteiger partial charge on any atom is 0.196 e. The summed E-state index contributed by atoms with van der Waals surface area (Å²) >= 11 is 4.16. The Morgan fingerprint density at radius 1 is 0.720 bits per heavy atom. The van der Waals surface area contributed by atoms with Gasteiger partial charge in [-0.05, 0) is 22.9 Å². The van der Waals surface area contributed by atoms with Gasteiger partial charge in [-0.15, -0.1) is 22.7 Å². The van der Waals surface area contributed by atoms with Crippen LogP contribution in [0.3, 0.4) is 0 Å². The Bertz CT molecular complexity index is 1400. The third kappa shape index (κ3) is 1.65. The molecule has 0 saturated heterocycles. The summed E-state index contributed by atoms with van der Waals surface area (Å²) in [6.07, 6.45) is 0. The van der Waals surface area contributed by atoms with Crippen molar-refractivity contribution in [1.82, 2.24) is 8.75 Å². The van der Waals surface area contributed by atoms with Crippen molar-refractivity contribution in [3.8, 4) is 0 Å². The lowest BCUT2D eigenvalue weighted by Crippen LogP contribution is -2.00. The van der Waals surface area contributed by atoms with Crippen molar-refractivity contribution in [3.63, 3.8) is 0 Å². The Morgan fingerprint density at radius 3 is 1.60 bits per heavy atom. The molecule has 0 atom stereocenters. The summed E-state index contributed by atoms with van der Waals surface area (Å²) in [4.78, 5) is 25.8. The van der Waals surface area contributed by atoms with Crippen LogP contribution in [0, 0.1) is 0 Å². The molecule has 0 spiro atoms. The molecule has 0 N–H and O–H groups in total. The van der Waals surface area contributed by atoms with Gasteiger partial charge in [-0.2, -0.15) is 8.75 Å². The van der Waals surface area contributed by atoms with E-state index >= 15 is 0 Å². The Labute approximate surface area is 153 Å². The molecule has 0 saturated carbocycles. The second kappa shape index (κ2) is 5.14. The maximum atomic E-state index is 12.9. The Hall–Kier alpha value is -2.22. The van der Waals surface area contributed by atoms with Crippen LogP contribution in [0.25, 0.3) is 52.8 Å². The van der Waals surface area contributed by atoms with Crippen LogP contribution in [0.2, 0.25) is 0 Å². The van der Waals surface area contributed by atoms with Crippen LogP contribution in [0.5, 0.6) is 0 Å². The third-order valence-corrected chi connectivity index (χ3v) is 6.83. The lowest BCUT2D eigenvalue weighted by Gasteiger charge is -1.96. The summed E-state index contributed by atoms with van der Waals surface area (Å²) in [5.74, 6) is 0. The summed E-state index contributed by atoms with van der Waals surface area (Å²) in [5.41, 5.74) is 1.36. The Kier molecular flexibility index (Phi) is 3.10. The molecule has 6 aromatic rings. The Morgan fingerprint density at radius 2 is 1.16 bits per heavy atom. The molecule has 3 heterocycles. The molecule has 25 heavy (non-hydrogen) atoms. The Balaban J connectivity index is 0.000000679. The van der Waals surface area contributed by atoms with Gasteiger partial charge in [-0.25, -0.2) is 0 Å². The molecular formula is C18H10N2O2S3. The van der Waals surface area contributed by atoms with Gasteiger partial charge < -0.3 is 0 Å². The summed E-state index contributed by atoms with van der Waals surface area (Å²) in [6, 6.07) is 3.66. The fourth-order valence-electron chi connectivity index (χ4n) is 3.53. The van der Waals surface area contributed by atoms with Gasteiger partial charge in [0.1, 0.15) is 11.0 Å². The minimum Gasteiger partial charge on any atom is -0.289 e. The minimum atomic E-state index is -0.0640. The first-order valence-corrected chi connectivity index (χ1v) is 10.3. The van der Waals surface area contributed by atoms with E-state index in [0.29, 0.717) is 21.5 Å². The molecule has 0 aliphatic carbocycles. The number of thiophene rings is 2. The lowest BCUT2D eigenvalue weighted by molar-refractivity contribution is 1.50. The van der Waals surface area contributed by atoms with Gasteiger partial charge >= 0.3 is 0 Å². The van der Waals surface area contributed by atoms with E-state index in [0.717, 1.165) is 42.9 Å². The van der Waals surface area contributed by atoms with Gasteiger partial charge in [-0.1, -0.05) is 13.8 Å². The standard InChI is InChI=1S/C16H4N2O2S3.C2H6/c19-13-5-1-3-21-15(5)9-7(13)8-10(12-11(9)17-23-18-12)16-6(14(8)20)2-4-22-16;1-2/h1-4H;1-2H3.